The second-order valence-electron chi connectivity index (χ2n) is 4.89. The van der Waals surface area contributed by atoms with Crippen molar-refractivity contribution >= 4 is 5.97 Å². The Morgan fingerprint density at radius 1 is 1.33 bits per heavy atom. The van der Waals surface area contributed by atoms with Crippen molar-refractivity contribution < 1.29 is 19.4 Å². The Morgan fingerprint density at radius 3 is 2.90 bits per heavy atom. The minimum absolute atomic E-state index is 0.243. The van der Waals surface area contributed by atoms with E-state index in [4.69, 9.17) is 14.6 Å². The van der Waals surface area contributed by atoms with Gasteiger partial charge >= 0.3 is 5.97 Å². The van der Waals surface area contributed by atoms with E-state index in [1.165, 1.54) is 6.07 Å². The molecule has 1 aromatic rings. The molecule has 0 unspecified atom stereocenters. The second-order valence-corrected chi connectivity index (χ2v) is 4.89. The van der Waals surface area contributed by atoms with Crippen molar-refractivity contribution in [3.63, 3.8) is 0 Å². The van der Waals surface area contributed by atoms with E-state index in [0.717, 1.165) is 45.9 Å². The molecule has 0 spiro atoms. The first kappa shape index (κ1) is 15.8. The third-order valence-corrected chi connectivity index (χ3v) is 3.34. The van der Waals surface area contributed by atoms with Gasteiger partial charge in [0.15, 0.2) is 0 Å². The maximum atomic E-state index is 10.8. The summed E-state index contributed by atoms with van der Waals surface area (Å²) in [5.74, 6) is -0.353. The lowest BCUT2D eigenvalue weighted by Crippen LogP contribution is -2.40. The molecule has 0 amide bonds. The highest BCUT2D eigenvalue weighted by Gasteiger charge is 2.08. The summed E-state index contributed by atoms with van der Waals surface area (Å²) in [5, 5.41) is 12.2. The van der Waals surface area contributed by atoms with Gasteiger partial charge in [-0.15, -0.1) is 0 Å². The van der Waals surface area contributed by atoms with Crippen LogP contribution in [0, 0.1) is 0 Å². The maximum Gasteiger partial charge on any atom is 0.335 e. The summed E-state index contributed by atoms with van der Waals surface area (Å²) in [6, 6.07) is 6.54. The molecule has 1 fully saturated rings. The largest absolute Gasteiger partial charge is 0.492 e. The van der Waals surface area contributed by atoms with Crippen molar-refractivity contribution in [1.82, 2.24) is 10.2 Å². The Kier molecular flexibility index (Phi) is 6.46. The number of hydrogen-bond acceptors (Lipinski definition) is 5. The predicted octanol–water partition coefficient (Wildman–Crippen LogP) is 0.685. The van der Waals surface area contributed by atoms with E-state index in [0.29, 0.717) is 12.4 Å². The molecule has 0 radical (unpaired) electrons. The average molecular weight is 294 g/mol. The topological polar surface area (TPSA) is 71.0 Å². The standard InChI is InChI=1S/C15H22N2O4/c18-15(19)13-2-1-3-14(12-13)21-9-5-16-4-6-17-7-10-20-11-8-17/h1-3,12,16H,4-11H2,(H,18,19). The zero-order chi connectivity index (χ0) is 14.9. The number of benzene rings is 1. The fraction of sp³-hybridized carbons (Fsp3) is 0.533. The van der Waals surface area contributed by atoms with E-state index < -0.39 is 5.97 Å². The monoisotopic (exact) mass is 294 g/mol. The number of carbonyl (C=O) groups is 1. The van der Waals surface area contributed by atoms with E-state index in [-0.39, 0.29) is 5.56 Å². The number of morpholine rings is 1. The lowest BCUT2D eigenvalue weighted by Gasteiger charge is -2.26. The van der Waals surface area contributed by atoms with Crippen LogP contribution in [0.15, 0.2) is 24.3 Å². The first-order valence-corrected chi connectivity index (χ1v) is 7.23. The van der Waals surface area contributed by atoms with Gasteiger partial charge in [-0.05, 0) is 18.2 Å². The molecule has 1 heterocycles. The van der Waals surface area contributed by atoms with E-state index >= 15 is 0 Å². The third kappa shape index (κ3) is 5.71. The van der Waals surface area contributed by atoms with Crippen LogP contribution in [0.1, 0.15) is 10.4 Å². The number of ether oxygens (including phenoxy) is 2. The van der Waals surface area contributed by atoms with Gasteiger partial charge in [0.1, 0.15) is 12.4 Å². The molecule has 0 saturated carbocycles. The van der Waals surface area contributed by atoms with Gasteiger partial charge in [0.2, 0.25) is 0 Å². The lowest BCUT2D eigenvalue weighted by molar-refractivity contribution is 0.0383. The predicted molar refractivity (Wildman–Crippen MR) is 79.0 cm³/mol. The molecule has 0 bridgehead atoms. The molecule has 21 heavy (non-hydrogen) atoms. The molecular weight excluding hydrogens is 272 g/mol. The summed E-state index contributed by atoms with van der Waals surface area (Å²) >= 11 is 0. The molecule has 6 heteroatoms. The van der Waals surface area contributed by atoms with Crippen molar-refractivity contribution in [2.45, 2.75) is 0 Å². The second kappa shape index (κ2) is 8.61. The number of hydrogen-bond donors (Lipinski definition) is 2. The molecule has 1 aromatic carbocycles. The third-order valence-electron chi connectivity index (χ3n) is 3.34. The molecule has 0 aromatic heterocycles. The van der Waals surface area contributed by atoms with Crippen LogP contribution in [0.4, 0.5) is 0 Å². The molecular formula is C15H22N2O4. The zero-order valence-corrected chi connectivity index (χ0v) is 12.1. The number of nitrogens with one attached hydrogen (secondary N) is 1. The first-order valence-electron chi connectivity index (χ1n) is 7.23. The Morgan fingerprint density at radius 2 is 2.14 bits per heavy atom. The summed E-state index contributed by atoms with van der Waals surface area (Å²) in [6.45, 7) is 6.83. The highest BCUT2D eigenvalue weighted by Crippen LogP contribution is 2.12. The van der Waals surface area contributed by atoms with Crippen LogP contribution in [0.5, 0.6) is 5.75 Å². The molecule has 2 rings (SSSR count). The number of carboxylic acids is 1. The van der Waals surface area contributed by atoms with Crippen LogP contribution in [0.3, 0.4) is 0 Å². The quantitative estimate of drug-likeness (QED) is 0.687. The van der Waals surface area contributed by atoms with Crippen LogP contribution in [-0.2, 0) is 4.74 Å². The summed E-state index contributed by atoms with van der Waals surface area (Å²) in [4.78, 5) is 13.2. The van der Waals surface area contributed by atoms with Gasteiger partial charge in [-0.2, -0.15) is 0 Å². The summed E-state index contributed by atoms with van der Waals surface area (Å²) in [7, 11) is 0. The molecule has 0 aliphatic carbocycles. The average Bonchev–Trinajstić information content (AvgIpc) is 2.52. The Labute approximate surface area is 124 Å². The first-order chi connectivity index (χ1) is 10.3. The minimum Gasteiger partial charge on any atom is -0.492 e. The fourth-order valence-electron chi connectivity index (χ4n) is 2.15. The molecule has 1 aliphatic rings. The lowest BCUT2D eigenvalue weighted by atomic mass is 10.2. The number of carboxylic acid groups (broad SMARTS) is 1. The van der Waals surface area contributed by atoms with Crippen LogP contribution in [0.2, 0.25) is 0 Å². The van der Waals surface area contributed by atoms with Gasteiger partial charge in [-0.3, -0.25) is 4.90 Å². The highest BCUT2D eigenvalue weighted by molar-refractivity contribution is 5.87. The van der Waals surface area contributed by atoms with E-state index in [1.54, 1.807) is 18.2 Å². The molecule has 116 valence electrons. The number of rotatable bonds is 8. The van der Waals surface area contributed by atoms with Crippen LogP contribution >= 0.6 is 0 Å². The van der Waals surface area contributed by atoms with Crippen molar-refractivity contribution in [1.29, 1.82) is 0 Å². The van der Waals surface area contributed by atoms with Crippen molar-refractivity contribution in [3.8, 4) is 5.75 Å². The molecule has 0 atom stereocenters. The van der Waals surface area contributed by atoms with Crippen molar-refractivity contribution in [3.05, 3.63) is 29.8 Å². The van der Waals surface area contributed by atoms with Gasteiger partial charge in [-0.25, -0.2) is 4.79 Å². The number of aromatic carboxylic acids is 1. The maximum absolute atomic E-state index is 10.8. The molecule has 6 nitrogen and oxygen atoms in total. The van der Waals surface area contributed by atoms with Crippen LogP contribution in [-0.4, -0.2) is 68.5 Å². The fourth-order valence-corrected chi connectivity index (χ4v) is 2.15. The van der Waals surface area contributed by atoms with Gasteiger partial charge in [0, 0.05) is 32.7 Å². The Bertz CT molecular complexity index is 447. The minimum atomic E-state index is -0.941. The highest BCUT2D eigenvalue weighted by atomic mass is 16.5. The number of nitrogens with zero attached hydrogens (tertiary/aromatic N) is 1. The summed E-state index contributed by atoms with van der Waals surface area (Å²) in [6.07, 6.45) is 0. The van der Waals surface area contributed by atoms with E-state index in [2.05, 4.69) is 10.2 Å². The van der Waals surface area contributed by atoms with Gasteiger partial charge in [-0.1, -0.05) is 6.07 Å². The summed E-state index contributed by atoms with van der Waals surface area (Å²) in [5.41, 5.74) is 0.243. The smallest absolute Gasteiger partial charge is 0.335 e. The van der Waals surface area contributed by atoms with Crippen LogP contribution in [0.25, 0.3) is 0 Å². The SMILES string of the molecule is O=C(O)c1cccc(OCCNCCN2CCOCC2)c1. The Balaban J connectivity index is 1.57. The molecule has 2 N–H and O–H groups in total. The van der Waals surface area contributed by atoms with Crippen molar-refractivity contribution in [2.24, 2.45) is 0 Å². The molecule has 1 aliphatic heterocycles. The van der Waals surface area contributed by atoms with E-state index in [9.17, 15) is 4.79 Å². The van der Waals surface area contributed by atoms with E-state index in [1.807, 2.05) is 0 Å². The van der Waals surface area contributed by atoms with Crippen LogP contribution < -0.4 is 10.1 Å². The van der Waals surface area contributed by atoms with Gasteiger partial charge in [0.05, 0.1) is 18.8 Å². The van der Waals surface area contributed by atoms with Crippen molar-refractivity contribution in [2.75, 3.05) is 52.5 Å². The van der Waals surface area contributed by atoms with Gasteiger partial charge in [0.25, 0.3) is 0 Å². The summed E-state index contributed by atoms with van der Waals surface area (Å²) < 4.78 is 10.8. The molecule has 1 saturated heterocycles. The zero-order valence-electron chi connectivity index (χ0n) is 12.1. The van der Waals surface area contributed by atoms with Gasteiger partial charge < -0.3 is 19.9 Å². The normalized spacial score (nSPS) is 15.8. The Hall–Kier alpha value is -1.63.